The van der Waals surface area contributed by atoms with Crippen LogP contribution in [0.4, 0.5) is 5.69 Å². The van der Waals surface area contributed by atoms with Crippen molar-refractivity contribution in [3.8, 4) is 0 Å². The highest BCUT2D eigenvalue weighted by Gasteiger charge is 2.28. The normalized spacial score (nSPS) is 19.0. The maximum Gasteiger partial charge on any atom is 0.238 e. The predicted octanol–water partition coefficient (Wildman–Crippen LogP) is 1.84. The molecule has 1 aromatic carbocycles. The number of carbonyl (C=O) groups excluding carboxylic acids is 1. The summed E-state index contributed by atoms with van der Waals surface area (Å²) in [6, 6.07) is 9.45. The zero-order chi connectivity index (χ0) is 18.8. The molecular weight excluding hydrogens is 338 g/mol. The number of hydrogen-bond donors (Lipinski definition) is 1. The minimum atomic E-state index is 0.0489. The largest absolute Gasteiger partial charge is 0.322 e. The Morgan fingerprint density at radius 3 is 2.56 bits per heavy atom. The minimum absolute atomic E-state index is 0.0489. The van der Waals surface area contributed by atoms with Gasteiger partial charge in [-0.3, -0.25) is 19.3 Å². The fourth-order valence-electron chi connectivity index (χ4n) is 4.32. The molecule has 0 atom stereocenters. The van der Waals surface area contributed by atoms with E-state index in [1.54, 1.807) is 10.9 Å². The van der Waals surface area contributed by atoms with Gasteiger partial charge in [-0.1, -0.05) is 24.3 Å². The molecule has 2 aromatic rings. The fraction of sp³-hybridized carbons (Fsp3) is 0.524. The van der Waals surface area contributed by atoms with Crippen LogP contribution in [0.2, 0.25) is 0 Å². The molecule has 1 amide bonds. The van der Waals surface area contributed by atoms with Gasteiger partial charge in [-0.25, -0.2) is 0 Å². The van der Waals surface area contributed by atoms with E-state index in [0.29, 0.717) is 12.6 Å². The topological polar surface area (TPSA) is 53.4 Å². The van der Waals surface area contributed by atoms with E-state index in [1.807, 2.05) is 14.0 Å². The smallest absolute Gasteiger partial charge is 0.238 e. The van der Waals surface area contributed by atoms with Gasteiger partial charge in [-0.2, -0.15) is 5.10 Å². The van der Waals surface area contributed by atoms with Crippen molar-refractivity contribution < 1.29 is 4.79 Å². The summed E-state index contributed by atoms with van der Waals surface area (Å²) in [6.45, 7) is 6.51. The van der Waals surface area contributed by atoms with E-state index in [1.165, 1.54) is 11.1 Å². The van der Waals surface area contributed by atoms with E-state index in [-0.39, 0.29) is 5.91 Å². The molecule has 6 heteroatoms. The second kappa shape index (κ2) is 7.82. The second-order valence-corrected chi connectivity index (χ2v) is 7.81. The average molecular weight is 367 g/mol. The van der Waals surface area contributed by atoms with Gasteiger partial charge in [0.2, 0.25) is 5.91 Å². The maximum absolute atomic E-state index is 12.4. The molecule has 0 unspecified atom stereocenters. The standard InChI is InChI=1S/C21H29N5O/c1-16-20(14-22-24(16)2)23-21(27)15-25-8-5-9-26(11-10-25)19-12-17-6-3-4-7-18(17)13-19/h3-4,6-7,14,19H,5,8-13,15H2,1-2H3,(H,23,27). The Morgan fingerprint density at radius 2 is 1.89 bits per heavy atom. The summed E-state index contributed by atoms with van der Waals surface area (Å²) in [5.74, 6) is 0.0489. The molecule has 1 N–H and O–H groups in total. The van der Waals surface area contributed by atoms with Gasteiger partial charge in [0.1, 0.15) is 0 Å². The molecule has 0 radical (unpaired) electrons. The van der Waals surface area contributed by atoms with Gasteiger partial charge in [0.15, 0.2) is 0 Å². The van der Waals surface area contributed by atoms with Gasteiger partial charge in [-0.05, 0) is 50.4 Å². The van der Waals surface area contributed by atoms with Gasteiger partial charge in [0, 0.05) is 26.2 Å². The molecule has 0 spiro atoms. The molecule has 27 heavy (non-hydrogen) atoms. The van der Waals surface area contributed by atoms with Crippen LogP contribution >= 0.6 is 0 Å². The van der Waals surface area contributed by atoms with E-state index < -0.39 is 0 Å². The Labute approximate surface area is 161 Å². The van der Waals surface area contributed by atoms with Gasteiger partial charge >= 0.3 is 0 Å². The average Bonchev–Trinajstić information content (AvgIpc) is 3.13. The van der Waals surface area contributed by atoms with E-state index >= 15 is 0 Å². The van der Waals surface area contributed by atoms with Crippen molar-refractivity contribution in [1.29, 1.82) is 0 Å². The second-order valence-electron chi connectivity index (χ2n) is 7.81. The monoisotopic (exact) mass is 367 g/mol. The molecule has 1 saturated heterocycles. The Morgan fingerprint density at radius 1 is 1.15 bits per heavy atom. The molecule has 1 aliphatic heterocycles. The molecule has 2 heterocycles. The SMILES string of the molecule is Cc1c(NC(=O)CN2CCCN(C3Cc4ccccc4C3)CC2)cnn1C. The van der Waals surface area contributed by atoms with Crippen LogP contribution in [-0.2, 0) is 24.7 Å². The molecule has 144 valence electrons. The van der Waals surface area contributed by atoms with Crippen LogP contribution in [0.5, 0.6) is 0 Å². The summed E-state index contributed by atoms with van der Waals surface area (Å²) < 4.78 is 1.78. The van der Waals surface area contributed by atoms with Crippen molar-refractivity contribution in [2.24, 2.45) is 7.05 Å². The van der Waals surface area contributed by atoms with Gasteiger partial charge < -0.3 is 5.32 Å². The highest BCUT2D eigenvalue weighted by Crippen LogP contribution is 2.26. The van der Waals surface area contributed by atoms with Crippen molar-refractivity contribution in [2.45, 2.75) is 32.2 Å². The van der Waals surface area contributed by atoms with Crippen LogP contribution < -0.4 is 5.32 Å². The van der Waals surface area contributed by atoms with E-state index in [9.17, 15) is 4.79 Å². The number of amides is 1. The molecule has 0 bridgehead atoms. The first-order valence-electron chi connectivity index (χ1n) is 9.92. The summed E-state index contributed by atoms with van der Waals surface area (Å²) in [6.07, 6.45) is 5.16. The quantitative estimate of drug-likeness (QED) is 0.896. The van der Waals surface area contributed by atoms with Crippen LogP contribution in [0.3, 0.4) is 0 Å². The highest BCUT2D eigenvalue weighted by atomic mass is 16.2. The number of aryl methyl sites for hydroxylation is 1. The molecule has 0 saturated carbocycles. The number of nitrogens with one attached hydrogen (secondary N) is 1. The number of hydrogen-bond acceptors (Lipinski definition) is 4. The number of aromatic nitrogens is 2. The summed E-state index contributed by atoms with van der Waals surface area (Å²) in [7, 11) is 1.88. The number of fused-ring (bicyclic) bond motifs is 1. The predicted molar refractivity (Wildman–Crippen MR) is 107 cm³/mol. The number of rotatable bonds is 4. The molecule has 1 aromatic heterocycles. The summed E-state index contributed by atoms with van der Waals surface area (Å²) in [5.41, 5.74) is 4.80. The number of anilines is 1. The lowest BCUT2D eigenvalue weighted by Crippen LogP contribution is -2.40. The van der Waals surface area contributed by atoms with E-state index in [2.05, 4.69) is 44.5 Å². The van der Waals surface area contributed by atoms with Crippen molar-refractivity contribution in [3.05, 3.63) is 47.3 Å². The third kappa shape index (κ3) is 4.06. The molecule has 6 nitrogen and oxygen atoms in total. The van der Waals surface area contributed by atoms with Crippen LogP contribution in [-0.4, -0.2) is 64.3 Å². The van der Waals surface area contributed by atoms with Crippen molar-refractivity contribution in [1.82, 2.24) is 19.6 Å². The van der Waals surface area contributed by atoms with E-state index in [4.69, 9.17) is 0 Å². The molecule has 1 aliphatic carbocycles. The van der Waals surface area contributed by atoms with E-state index in [0.717, 1.165) is 56.8 Å². The summed E-state index contributed by atoms with van der Waals surface area (Å²) in [5, 5.41) is 7.18. The first kappa shape index (κ1) is 18.2. The van der Waals surface area contributed by atoms with Crippen LogP contribution in [0, 0.1) is 6.92 Å². The maximum atomic E-state index is 12.4. The van der Waals surface area contributed by atoms with Crippen LogP contribution in [0.15, 0.2) is 30.5 Å². The zero-order valence-corrected chi connectivity index (χ0v) is 16.3. The third-order valence-corrected chi connectivity index (χ3v) is 6.05. The number of carbonyl (C=O) groups is 1. The van der Waals surface area contributed by atoms with Crippen LogP contribution in [0.25, 0.3) is 0 Å². The Balaban J connectivity index is 1.29. The van der Waals surface area contributed by atoms with Gasteiger partial charge in [0.25, 0.3) is 0 Å². The Kier molecular flexibility index (Phi) is 5.27. The van der Waals surface area contributed by atoms with Crippen molar-refractivity contribution in [2.75, 3.05) is 38.0 Å². The highest BCUT2D eigenvalue weighted by molar-refractivity contribution is 5.92. The van der Waals surface area contributed by atoms with Gasteiger partial charge in [-0.15, -0.1) is 0 Å². The van der Waals surface area contributed by atoms with Crippen molar-refractivity contribution >= 4 is 11.6 Å². The minimum Gasteiger partial charge on any atom is -0.322 e. The molecule has 4 rings (SSSR count). The van der Waals surface area contributed by atoms with Crippen LogP contribution in [0.1, 0.15) is 23.2 Å². The van der Waals surface area contributed by atoms with Gasteiger partial charge in [0.05, 0.1) is 24.1 Å². The first-order chi connectivity index (χ1) is 13.1. The Hall–Kier alpha value is -2.18. The summed E-state index contributed by atoms with van der Waals surface area (Å²) in [4.78, 5) is 17.3. The zero-order valence-electron chi connectivity index (χ0n) is 16.3. The first-order valence-corrected chi connectivity index (χ1v) is 9.92. The lowest BCUT2D eigenvalue weighted by molar-refractivity contribution is -0.117. The number of benzene rings is 1. The van der Waals surface area contributed by atoms with Crippen molar-refractivity contribution in [3.63, 3.8) is 0 Å². The fourth-order valence-corrected chi connectivity index (χ4v) is 4.32. The lowest BCUT2D eigenvalue weighted by atomic mass is 10.1. The summed E-state index contributed by atoms with van der Waals surface area (Å²) >= 11 is 0. The Bertz CT molecular complexity index is 790. The number of nitrogens with zero attached hydrogens (tertiary/aromatic N) is 4. The molecular formula is C21H29N5O. The lowest BCUT2D eigenvalue weighted by Gasteiger charge is -2.27. The molecule has 2 aliphatic rings. The molecule has 1 fully saturated rings. The third-order valence-electron chi connectivity index (χ3n) is 6.05.